The van der Waals surface area contributed by atoms with Gasteiger partial charge < -0.3 is 14.9 Å². The Labute approximate surface area is 160 Å². The first-order valence-corrected chi connectivity index (χ1v) is 10.7. The number of nitrogens with zero attached hydrogens (tertiary/aromatic N) is 2. The fraction of sp³-hybridized carbons (Fsp3) is 0.857. The second kappa shape index (κ2) is 5.95. The van der Waals surface area contributed by atoms with Gasteiger partial charge in [-0.05, 0) is 69.1 Å². The molecule has 6 rings (SSSR count). The number of amides is 2. The summed E-state index contributed by atoms with van der Waals surface area (Å²) in [5, 5.41) is 9.51. The first-order chi connectivity index (χ1) is 12.9. The molecule has 0 atom stereocenters. The molecule has 1 saturated heterocycles. The first-order valence-electron chi connectivity index (χ1n) is 10.7. The van der Waals surface area contributed by atoms with Crippen LogP contribution >= 0.6 is 0 Å². The highest BCUT2D eigenvalue weighted by molar-refractivity contribution is 6.03. The van der Waals surface area contributed by atoms with Crippen LogP contribution in [0.2, 0.25) is 0 Å². The number of hydrogen-bond donors (Lipinski definition) is 1. The maximum Gasteiger partial charge on any atom is 0.319 e. The molecule has 1 heterocycles. The molecule has 0 aromatic rings. The maximum absolute atomic E-state index is 13.4. The zero-order valence-corrected chi connectivity index (χ0v) is 16.0. The Balaban J connectivity index is 1.24. The van der Waals surface area contributed by atoms with Crippen molar-refractivity contribution in [3.05, 3.63) is 0 Å². The third-order valence-electron chi connectivity index (χ3n) is 8.37. The van der Waals surface area contributed by atoms with E-state index < -0.39 is 11.4 Å². The van der Waals surface area contributed by atoms with Gasteiger partial charge in [0, 0.05) is 26.2 Å². The van der Waals surface area contributed by atoms with Gasteiger partial charge in [0.05, 0.1) is 5.41 Å². The third kappa shape index (κ3) is 2.54. The molecular weight excluding hydrogens is 344 g/mol. The van der Waals surface area contributed by atoms with Gasteiger partial charge in [-0.3, -0.25) is 14.4 Å². The number of aliphatic carboxylic acids is 1. The molecule has 1 N–H and O–H groups in total. The third-order valence-corrected chi connectivity index (χ3v) is 8.37. The summed E-state index contributed by atoms with van der Waals surface area (Å²) in [6.45, 7) is 2.07. The minimum absolute atomic E-state index is 0.128. The van der Waals surface area contributed by atoms with Crippen molar-refractivity contribution in [2.24, 2.45) is 28.6 Å². The number of rotatable bonds is 3. The molecule has 6 nitrogen and oxygen atoms in total. The number of carboxylic acid groups (broad SMARTS) is 1. The van der Waals surface area contributed by atoms with E-state index in [0.717, 1.165) is 43.4 Å². The van der Waals surface area contributed by atoms with Crippen molar-refractivity contribution in [1.29, 1.82) is 0 Å². The molecule has 0 unspecified atom stereocenters. The lowest BCUT2D eigenvalue weighted by Crippen LogP contribution is -2.61. The smallest absolute Gasteiger partial charge is 0.319 e. The SMILES string of the molecule is O=C(N1CCN(C(=O)C2(C(=O)O)CCC2)CC1)C12CC3CC(CC(C3)C1)C2. The molecule has 1 aliphatic heterocycles. The number of carbonyl (C=O) groups is 3. The maximum atomic E-state index is 13.4. The van der Waals surface area contributed by atoms with Crippen LogP contribution in [0.25, 0.3) is 0 Å². The molecule has 5 saturated carbocycles. The molecule has 27 heavy (non-hydrogen) atoms. The van der Waals surface area contributed by atoms with Crippen LogP contribution in [0.15, 0.2) is 0 Å². The van der Waals surface area contributed by atoms with Crippen molar-refractivity contribution >= 4 is 17.8 Å². The van der Waals surface area contributed by atoms with Crippen molar-refractivity contribution in [2.45, 2.75) is 57.8 Å². The highest BCUT2D eigenvalue weighted by Gasteiger charge is 2.56. The van der Waals surface area contributed by atoms with Crippen molar-refractivity contribution < 1.29 is 19.5 Å². The van der Waals surface area contributed by atoms with Crippen LogP contribution in [0.3, 0.4) is 0 Å². The van der Waals surface area contributed by atoms with Crippen LogP contribution in [-0.2, 0) is 14.4 Å². The molecule has 2 amide bonds. The molecular formula is C21H30N2O4. The van der Waals surface area contributed by atoms with E-state index in [4.69, 9.17) is 0 Å². The van der Waals surface area contributed by atoms with E-state index in [1.807, 2.05) is 4.90 Å². The summed E-state index contributed by atoms with van der Waals surface area (Å²) in [4.78, 5) is 41.5. The lowest BCUT2D eigenvalue weighted by atomic mass is 9.49. The summed E-state index contributed by atoms with van der Waals surface area (Å²) in [5.41, 5.74) is -1.32. The predicted molar refractivity (Wildman–Crippen MR) is 97.7 cm³/mol. The summed E-state index contributed by atoms with van der Waals surface area (Å²) in [6.07, 6.45) is 8.89. The van der Waals surface area contributed by atoms with E-state index in [2.05, 4.69) is 0 Å². The second-order valence-electron chi connectivity index (χ2n) is 10.0. The van der Waals surface area contributed by atoms with Gasteiger partial charge in [-0.15, -0.1) is 0 Å². The van der Waals surface area contributed by atoms with E-state index >= 15 is 0 Å². The van der Waals surface area contributed by atoms with Gasteiger partial charge in [-0.1, -0.05) is 6.42 Å². The number of carbonyl (C=O) groups excluding carboxylic acids is 2. The minimum Gasteiger partial charge on any atom is -0.480 e. The van der Waals surface area contributed by atoms with Gasteiger partial charge in [0.2, 0.25) is 11.8 Å². The summed E-state index contributed by atoms with van der Waals surface area (Å²) in [5.74, 6) is 1.35. The van der Waals surface area contributed by atoms with E-state index in [1.165, 1.54) is 19.3 Å². The lowest BCUT2D eigenvalue weighted by Gasteiger charge is -2.57. The largest absolute Gasteiger partial charge is 0.480 e. The number of piperazine rings is 1. The van der Waals surface area contributed by atoms with Crippen LogP contribution in [0.1, 0.15) is 57.8 Å². The van der Waals surface area contributed by atoms with Gasteiger partial charge in [0.25, 0.3) is 0 Å². The number of carboxylic acids is 1. The molecule has 5 aliphatic carbocycles. The average Bonchev–Trinajstić information content (AvgIpc) is 2.58. The van der Waals surface area contributed by atoms with Gasteiger partial charge in [0.15, 0.2) is 0 Å². The molecule has 0 spiro atoms. The molecule has 148 valence electrons. The van der Waals surface area contributed by atoms with E-state index in [9.17, 15) is 19.5 Å². The first kappa shape index (κ1) is 17.5. The quantitative estimate of drug-likeness (QED) is 0.768. The molecule has 4 bridgehead atoms. The van der Waals surface area contributed by atoms with Gasteiger partial charge in [-0.25, -0.2) is 0 Å². The predicted octanol–water partition coefficient (Wildman–Crippen LogP) is 2.13. The fourth-order valence-electron chi connectivity index (χ4n) is 7.17. The van der Waals surface area contributed by atoms with Gasteiger partial charge >= 0.3 is 5.97 Å². The van der Waals surface area contributed by atoms with Gasteiger partial charge in [0.1, 0.15) is 5.41 Å². The Hall–Kier alpha value is -1.59. The monoisotopic (exact) mass is 374 g/mol. The van der Waals surface area contributed by atoms with Crippen molar-refractivity contribution in [1.82, 2.24) is 9.80 Å². The Kier molecular flexibility index (Phi) is 3.86. The van der Waals surface area contributed by atoms with Gasteiger partial charge in [-0.2, -0.15) is 0 Å². The van der Waals surface area contributed by atoms with Crippen LogP contribution in [0, 0.1) is 28.6 Å². The Morgan fingerprint density at radius 3 is 1.56 bits per heavy atom. The van der Waals surface area contributed by atoms with Crippen LogP contribution in [0.4, 0.5) is 0 Å². The zero-order chi connectivity index (χ0) is 18.8. The average molecular weight is 374 g/mol. The van der Waals surface area contributed by atoms with Crippen LogP contribution in [0.5, 0.6) is 0 Å². The van der Waals surface area contributed by atoms with E-state index in [-0.39, 0.29) is 11.3 Å². The molecule has 6 heteroatoms. The highest BCUT2D eigenvalue weighted by Crippen LogP contribution is 2.60. The summed E-state index contributed by atoms with van der Waals surface area (Å²) in [6, 6.07) is 0. The van der Waals surface area contributed by atoms with E-state index in [1.54, 1.807) is 4.90 Å². The Bertz CT molecular complexity index is 640. The van der Waals surface area contributed by atoms with Crippen molar-refractivity contribution in [2.75, 3.05) is 26.2 Å². The van der Waals surface area contributed by atoms with Crippen LogP contribution in [-0.4, -0.2) is 58.9 Å². The summed E-state index contributed by atoms with van der Waals surface area (Å²) in [7, 11) is 0. The minimum atomic E-state index is -1.19. The van der Waals surface area contributed by atoms with E-state index in [0.29, 0.717) is 44.9 Å². The Morgan fingerprint density at radius 2 is 1.19 bits per heavy atom. The fourth-order valence-corrected chi connectivity index (χ4v) is 7.17. The Morgan fingerprint density at radius 1 is 0.741 bits per heavy atom. The molecule has 0 aromatic heterocycles. The topological polar surface area (TPSA) is 77.9 Å². The molecule has 6 fully saturated rings. The van der Waals surface area contributed by atoms with Crippen LogP contribution < -0.4 is 0 Å². The normalized spacial score (nSPS) is 39.2. The summed E-state index contributed by atoms with van der Waals surface area (Å²) >= 11 is 0. The standard InChI is InChI=1S/C21H30N2O4/c24-17(20-11-14-8-15(12-20)10-16(9-14)13-20)22-4-6-23(7-5-22)18(25)21(19(26)27)2-1-3-21/h14-16H,1-13H2,(H,26,27). The second-order valence-corrected chi connectivity index (χ2v) is 10.0. The van der Waals surface area contributed by atoms with Crippen molar-refractivity contribution in [3.63, 3.8) is 0 Å². The molecule has 6 aliphatic rings. The molecule has 0 radical (unpaired) electrons. The summed E-state index contributed by atoms with van der Waals surface area (Å²) < 4.78 is 0. The zero-order valence-electron chi connectivity index (χ0n) is 16.0. The lowest BCUT2D eigenvalue weighted by molar-refractivity contribution is -0.171. The number of hydrogen-bond acceptors (Lipinski definition) is 3. The van der Waals surface area contributed by atoms with Crippen molar-refractivity contribution in [3.8, 4) is 0 Å². The molecule has 0 aromatic carbocycles. The highest BCUT2D eigenvalue weighted by atomic mass is 16.4.